The van der Waals surface area contributed by atoms with E-state index >= 15 is 0 Å². The number of hydrogen-bond donors (Lipinski definition) is 1. The van der Waals surface area contributed by atoms with Gasteiger partial charge in [0, 0.05) is 0 Å². The van der Waals surface area contributed by atoms with E-state index < -0.39 is 11.6 Å². The lowest BCUT2D eigenvalue weighted by Crippen LogP contribution is -2.23. The van der Waals surface area contributed by atoms with Crippen molar-refractivity contribution in [3.8, 4) is 0 Å². The Kier molecular flexibility index (Phi) is 5.42. The van der Waals surface area contributed by atoms with Crippen LogP contribution in [-0.4, -0.2) is 6.54 Å². The van der Waals surface area contributed by atoms with Crippen LogP contribution in [0.4, 0.5) is 13.2 Å². The Morgan fingerprint density at radius 1 is 0.952 bits per heavy atom. The molecular weight excluding hydrogens is 343 g/mol. The van der Waals surface area contributed by atoms with Crippen LogP contribution in [0.25, 0.3) is 0 Å². The Hall–Kier alpha value is -1.33. The molecule has 1 nitrogen and oxygen atoms in total. The molecule has 112 valence electrons. The van der Waals surface area contributed by atoms with E-state index in [1.807, 2.05) is 6.92 Å². The van der Waals surface area contributed by atoms with Crippen molar-refractivity contribution in [3.63, 3.8) is 0 Å². The molecule has 0 aromatic heterocycles. The normalized spacial score (nSPS) is 12.4. The van der Waals surface area contributed by atoms with Gasteiger partial charge in [0.15, 0.2) is 11.6 Å². The summed E-state index contributed by atoms with van der Waals surface area (Å²) in [7, 11) is 0. The van der Waals surface area contributed by atoms with Gasteiger partial charge in [0.05, 0.1) is 10.5 Å². The Labute approximate surface area is 130 Å². The molecule has 0 saturated carbocycles. The van der Waals surface area contributed by atoms with Crippen LogP contribution < -0.4 is 5.32 Å². The van der Waals surface area contributed by atoms with Gasteiger partial charge in [-0.05, 0) is 64.3 Å². The monoisotopic (exact) mass is 357 g/mol. The zero-order chi connectivity index (χ0) is 15.4. The van der Waals surface area contributed by atoms with Crippen LogP contribution in [0.3, 0.4) is 0 Å². The molecule has 0 aliphatic heterocycles. The van der Waals surface area contributed by atoms with Crippen molar-refractivity contribution in [2.24, 2.45) is 0 Å². The lowest BCUT2D eigenvalue weighted by atomic mass is 9.98. The Bertz CT molecular complexity index is 579. The maximum absolute atomic E-state index is 13.4. The molecule has 1 N–H and O–H groups in total. The van der Waals surface area contributed by atoms with E-state index in [0.717, 1.165) is 18.1 Å². The molecule has 1 unspecified atom stereocenters. The van der Waals surface area contributed by atoms with Crippen LogP contribution in [0, 0.1) is 17.5 Å². The first kappa shape index (κ1) is 16.0. The van der Waals surface area contributed by atoms with Gasteiger partial charge >= 0.3 is 0 Å². The first-order chi connectivity index (χ1) is 10.0. The summed E-state index contributed by atoms with van der Waals surface area (Å²) in [4.78, 5) is 0. The van der Waals surface area contributed by atoms with Crippen LogP contribution >= 0.6 is 15.9 Å². The van der Waals surface area contributed by atoms with Gasteiger partial charge in [-0.1, -0.05) is 19.1 Å². The highest BCUT2D eigenvalue weighted by Gasteiger charge is 2.16. The molecule has 1 atom stereocenters. The van der Waals surface area contributed by atoms with E-state index in [4.69, 9.17) is 0 Å². The molecular formula is C16H15BrF3N. The van der Waals surface area contributed by atoms with Gasteiger partial charge in [0.25, 0.3) is 0 Å². The third kappa shape index (κ3) is 3.86. The second kappa shape index (κ2) is 7.09. The van der Waals surface area contributed by atoms with Gasteiger partial charge in [-0.3, -0.25) is 0 Å². The van der Waals surface area contributed by atoms with E-state index in [-0.39, 0.29) is 11.9 Å². The van der Waals surface area contributed by atoms with E-state index in [1.165, 1.54) is 18.2 Å². The molecule has 0 saturated heterocycles. The third-order valence-electron chi connectivity index (χ3n) is 3.15. The van der Waals surface area contributed by atoms with Crippen molar-refractivity contribution < 1.29 is 13.2 Å². The Morgan fingerprint density at radius 2 is 1.57 bits per heavy atom. The van der Waals surface area contributed by atoms with Crippen LogP contribution in [0.15, 0.2) is 40.9 Å². The molecule has 2 aromatic carbocycles. The largest absolute Gasteiger partial charge is 0.306 e. The smallest absolute Gasteiger partial charge is 0.159 e. The molecule has 0 bridgehead atoms. The zero-order valence-corrected chi connectivity index (χ0v) is 13.1. The topological polar surface area (TPSA) is 12.0 Å². The molecule has 0 aliphatic carbocycles. The Morgan fingerprint density at radius 3 is 2.14 bits per heavy atom. The van der Waals surface area contributed by atoms with Crippen molar-refractivity contribution in [2.45, 2.75) is 19.4 Å². The first-order valence-corrected chi connectivity index (χ1v) is 7.45. The average Bonchev–Trinajstić information content (AvgIpc) is 2.46. The van der Waals surface area contributed by atoms with Gasteiger partial charge in [0.2, 0.25) is 0 Å². The van der Waals surface area contributed by atoms with Crippen LogP contribution in [0.1, 0.15) is 30.5 Å². The minimum atomic E-state index is -0.892. The van der Waals surface area contributed by atoms with Crippen LogP contribution in [-0.2, 0) is 0 Å². The predicted octanol–water partition coefficient (Wildman–Crippen LogP) is 4.96. The molecule has 0 heterocycles. The summed E-state index contributed by atoms with van der Waals surface area (Å²) in [6.45, 7) is 2.72. The van der Waals surface area contributed by atoms with Crippen LogP contribution in [0.5, 0.6) is 0 Å². The average molecular weight is 358 g/mol. The van der Waals surface area contributed by atoms with Gasteiger partial charge in [-0.25, -0.2) is 13.2 Å². The molecule has 2 rings (SSSR count). The second-order valence-corrected chi connectivity index (χ2v) is 5.59. The molecule has 0 radical (unpaired) electrons. The van der Waals surface area contributed by atoms with E-state index in [9.17, 15) is 13.2 Å². The molecule has 0 fully saturated rings. The number of benzene rings is 2. The summed E-state index contributed by atoms with van der Waals surface area (Å²) in [6, 6.07) is 8.10. The van der Waals surface area contributed by atoms with Gasteiger partial charge in [0.1, 0.15) is 5.82 Å². The highest BCUT2D eigenvalue weighted by molar-refractivity contribution is 9.10. The van der Waals surface area contributed by atoms with Gasteiger partial charge < -0.3 is 5.32 Å². The summed E-state index contributed by atoms with van der Waals surface area (Å²) in [5.74, 6) is -2.14. The first-order valence-electron chi connectivity index (χ1n) is 6.66. The number of rotatable bonds is 5. The third-order valence-corrected chi connectivity index (χ3v) is 3.76. The summed E-state index contributed by atoms with van der Waals surface area (Å²) in [5.41, 5.74) is 1.38. The maximum atomic E-state index is 13.4. The molecule has 0 spiro atoms. The highest BCUT2D eigenvalue weighted by Crippen LogP contribution is 2.27. The van der Waals surface area contributed by atoms with Crippen molar-refractivity contribution in [3.05, 3.63) is 69.4 Å². The summed E-state index contributed by atoms with van der Waals surface area (Å²) in [6.07, 6.45) is 0.891. The van der Waals surface area contributed by atoms with Crippen LogP contribution in [0.2, 0.25) is 0 Å². The van der Waals surface area contributed by atoms with E-state index in [1.54, 1.807) is 12.1 Å². The molecule has 0 amide bonds. The van der Waals surface area contributed by atoms with E-state index in [2.05, 4.69) is 21.2 Å². The Balaban J connectivity index is 2.41. The van der Waals surface area contributed by atoms with Gasteiger partial charge in [-0.2, -0.15) is 0 Å². The fourth-order valence-electron chi connectivity index (χ4n) is 2.10. The zero-order valence-electron chi connectivity index (χ0n) is 11.5. The number of halogens is 4. The summed E-state index contributed by atoms with van der Waals surface area (Å²) < 4.78 is 40.2. The molecule has 5 heteroatoms. The fourth-order valence-corrected chi connectivity index (χ4v) is 2.50. The standard InChI is InChI=1S/C16H15BrF3N/c1-2-7-21-16(10-3-5-13(18)12(17)8-10)11-4-6-14(19)15(20)9-11/h3-6,8-9,16,21H,2,7H2,1H3. The quantitative estimate of drug-likeness (QED) is 0.797. The molecule has 21 heavy (non-hydrogen) atoms. The summed E-state index contributed by atoms with van der Waals surface area (Å²) in [5, 5.41) is 3.26. The molecule has 2 aromatic rings. The highest BCUT2D eigenvalue weighted by atomic mass is 79.9. The van der Waals surface area contributed by atoms with E-state index in [0.29, 0.717) is 16.6 Å². The van der Waals surface area contributed by atoms with Gasteiger partial charge in [-0.15, -0.1) is 0 Å². The molecule has 0 aliphatic rings. The lowest BCUT2D eigenvalue weighted by Gasteiger charge is -2.20. The second-order valence-electron chi connectivity index (χ2n) is 4.73. The minimum absolute atomic E-state index is 0.322. The maximum Gasteiger partial charge on any atom is 0.159 e. The fraction of sp³-hybridized carbons (Fsp3) is 0.250. The SMILES string of the molecule is CCCNC(c1ccc(F)c(F)c1)c1ccc(F)c(Br)c1. The lowest BCUT2D eigenvalue weighted by molar-refractivity contribution is 0.503. The van der Waals surface area contributed by atoms with Crippen molar-refractivity contribution in [1.82, 2.24) is 5.32 Å². The summed E-state index contributed by atoms with van der Waals surface area (Å²) >= 11 is 3.14. The number of hydrogen-bond acceptors (Lipinski definition) is 1. The van der Waals surface area contributed by atoms with Crippen molar-refractivity contribution >= 4 is 15.9 Å². The van der Waals surface area contributed by atoms with Crippen molar-refractivity contribution in [2.75, 3.05) is 6.54 Å². The predicted molar refractivity (Wildman–Crippen MR) is 80.6 cm³/mol. The number of nitrogens with one attached hydrogen (secondary N) is 1. The minimum Gasteiger partial charge on any atom is -0.306 e. The van der Waals surface area contributed by atoms with Crippen molar-refractivity contribution in [1.29, 1.82) is 0 Å².